The van der Waals surface area contributed by atoms with Crippen molar-refractivity contribution >= 4 is 23.2 Å². The monoisotopic (exact) mass is 321 g/mol. The summed E-state index contributed by atoms with van der Waals surface area (Å²) in [6.45, 7) is 5.94. The maximum absolute atomic E-state index is 11.9. The van der Waals surface area contributed by atoms with E-state index in [-0.39, 0.29) is 24.4 Å². The fourth-order valence-electron chi connectivity index (χ4n) is 1.79. The van der Waals surface area contributed by atoms with Crippen LogP contribution in [0, 0.1) is 0 Å². The minimum atomic E-state index is -0.340. The molecule has 2 aromatic heterocycles. The molecule has 0 aliphatic heterocycles. The first kappa shape index (κ1) is 16.2. The van der Waals surface area contributed by atoms with Crippen LogP contribution in [0.25, 0.3) is 0 Å². The van der Waals surface area contributed by atoms with Gasteiger partial charge in [-0.1, -0.05) is 13.8 Å². The molecular weight excluding hydrogens is 302 g/mol. The molecule has 0 aliphatic carbocycles. The Morgan fingerprint density at radius 2 is 2.14 bits per heavy atom. The van der Waals surface area contributed by atoms with Crippen LogP contribution in [0.15, 0.2) is 28.4 Å². The Bertz CT molecular complexity index is 634. The van der Waals surface area contributed by atoms with Crippen LogP contribution < -0.4 is 10.6 Å². The van der Waals surface area contributed by atoms with Gasteiger partial charge < -0.3 is 15.1 Å². The molecule has 2 heterocycles. The number of rotatable bonds is 6. The van der Waals surface area contributed by atoms with Crippen LogP contribution in [0.1, 0.15) is 53.8 Å². The lowest BCUT2D eigenvalue weighted by Gasteiger charge is -2.12. The summed E-state index contributed by atoms with van der Waals surface area (Å²) in [5.74, 6) is -0.230. The van der Waals surface area contributed by atoms with Crippen molar-refractivity contribution in [1.82, 2.24) is 15.6 Å². The normalized spacial score (nSPS) is 12.2. The number of aromatic nitrogens is 1. The van der Waals surface area contributed by atoms with Gasteiger partial charge in [-0.15, -0.1) is 11.3 Å². The second-order valence-electron chi connectivity index (χ2n) is 5.25. The summed E-state index contributed by atoms with van der Waals surface area (Å²) in [5, 5.41) is 8.35. The highest BCUT2D eigenvalue weighted by atomic mass is 32.1. The molecule has 0 aliphatic rings. The summed E-state index contributed by atoms with van der Waals surface area (Å²) in [6, 6.07) is 1.35. The number of amides is 2. The van der Waals surface area contributed by atoms with Crippen molar-refractivity contribution in [2.45, 2.75) is 32.7 Å². The fraction of sp³-hybridized carbons (Fsp3) is 0.400. The number of nitrogens with one attached hydrogen (secondary N) is 2. The van der Waals surface area contributed by atoms with Gasteiger partial charge in [0.2, 0.25) is 5.91 Å². The van der Waals surface area contributed by atoms with Gasteiger partial charge in [-0.25, -0.2) is 4.98 Å². The third-order valence-corrected chi connectivity index (χ3v) is 4.21. The minimum absolute atomic E-state index is 0.0878. The van der Waals surface area contributed by atoms with E-state index in [0.29, 0.717) is 11.5 Å². The standard InChI is InChI=1S/C15H19N3O3S/c1-9(2)15-18-12(8-22-15)10(3)17-13(19)6-16-14(20)11-4-5-21-7-11/h4-5,7-10H,6H2,1-3H3,(H,16,20)(H,17,19)/t10-/m1/s1. The number of furan rings is 1. The molecule has 118 valence electrons. The summed E-state index contributed by atoms with van der Waals surface area (Å²) < 4.78 is 4.82. The molecule has 7 heteroatoms. The largest absolute Gasteiger partial charge is 0.472 e. The van der Waals surface area contributed by atoms with E-state index >= 15 is 0 Å². The first-order valence-corrected chi connectivity index (χ1v) is 7.90. The maximum atomic E-state index is 11.9. The Morgan fingerprint density at radius 1 is 1.36 bits per heavy atom. The Kier molecular flexibility index (Phi) is 5.32. The summed E-state index contributed by atoms with van der Waals surface area (Å²) in [4.78, 5) is 28.1. The Morgan fingerprint density at radius 3 is 2.73 bits per heavy atom. The number of hydrogen-bond acceptors (Lipinski definition) is 5. The van der Waals surface area contributed by atoms with Gasteiger partial charge in [0, 0.05) is 11.3 Å². The van der Waals surface area contributed by atoms with Crippen LogP contribution >= 0.6 is 11.3 Å². The van der Waals surface area contributed by atoms with Gasteiger partial charge in [0.1, 0.15) is 6.26 Å². The van der Waals surface area contributed by atoms with Crippen molar-refractivity contribution in [2.75, 3.05) is 6.54 Å². The van der Waals surface area contributed by atoms with E-state index in [0.717, 1.165) is 10.7 Å². The van der Waals surface area contributed by atoms with Gasteiger partial charge >= 0.3 is 0 Å². The molecule has 0 radical (unpaired) electrons. The smallest absolute Gasteiger partial charge is 0.254 e. The molecule has 2 aromatic rings. The van der Waals surface area contributed by atoms with Gasteiger partial charge in [-0.05, 0) is 13.0 Å². The Labute approximate surface area is 132 Å². The number of carbonyl (C=O) groups excluding carboxylic acids is 2. The van der Waals surface area contributed by atoms with Crippen LogP contribution in [0.3, 0.4) is 0 Å². The fourth-order valence-corrected chi connectivity index (χ4v) is 2.72. The average Bonchev–Trinajstić information content (AvgIpc) is 3.15. The van der Waals surface area contributed by atoms with Gasteiger partial charge in [-0.2, -0.15) is 0 Å². The predicted molar refractivity (Wildman–Crippen MR) is 83.8 cm³/mol. The van der Waals surface area contributed by atoms with E-state index in [4.69, 9.17) is 4.42 Å². The molecular formula is C15H19N3O3S. The van der Waals surface area contributed by atoms with Crippen molar-refractivity contribution in [3.63, 3.8) is 0 Å². The van der Waals surface area contributed by atoms with Gasteiger partial charge in [-0.3, -0.25) is 9.59 Å². The summed E-state index contributed by atoms with van der Waals surface area (Å²) in [7, 11) is 0. The second-order valence-corrected chi connectivity index (χ2v) is 6.14. The van der Waals surface area contributed by atoms with Crippen molar-refractivity contribution < 1.29 is 14.0 Å². The molecule has 0 bridgehead atoms. The molecule has 0 saturated heterocycles. The number of thiazole rings is 1. The second kappa shape index (κ2) is 7.22. The summed E-state index contributed by atoms with van der Waals surface area (Å²) >= 11 is 1.59. The maximum Gasteiger partial charge on any atom is 0.254 e. The van der Waals surface area contributed by atoms with E-state index in [1.807, 2.05) is 12.3 Å². The first-order valence-electron chi connectivity index (χ1n) is 7.02. The average molecular weight is 321 g/mol. The van der Waals surface area contributed by atoms with Crippen molar-refractivity contribution in [3.8, 4) is 0 Å². The highest BCUT2D eigenvalue weighted by Gasteiger charge is 2.15. The molecule has 0 unspecified atom stereocenters. The molecule has 2 amide bonds. The zero-order valence-corrected chi connectivity index (χ0v) is 13.6. The zero-order chi connectivity index (χ0) is 16.1. The Hall–Kier alpha value is -2.15. The quantitative estimate of drug-likeness (QED) is 0.856. The molecule has 2 rings (SSSR count). The number of hydrogen-bond donors (Lipinski definition) is 2. The van der Waals surface area contributed by atoms with E-state index < -0.39 is 0 Å². The molecule has 0 fully saturated rings. The topological polar surface area (TPSA) is 84.2 Å². The lowest BCUT2D eigenvalue weighted by atomic mass is 10.2. The molecule has 1 atom stereocenters. The SMILES string of the molecule is CC(C)c1nc([C@@H](C)NC(=O)CNC(=O)c2ccoc2)cs1. The van der Waals surface area contributed by atoms with Crippen molar-refractivity contribution in [3.05, 3.63) is 40.2 Å². The number of carbonyl (C=O) groups is 2. The van der Waals surface area contributed by atoms with Crippen LogP contribution in [0.5, 0.6) is 0 Å². The van der Waals surface area contributed by atoms with Crippen molar-refractivity contribution in [2.24, 2.45) is 0 Å². The third kappa shape index (κ3) is 4.17. The molecule has 6 nitrogen and oxygen atoms in total. The van der Waals surface area contributed by atoms with E-state index in [1.54, 1.807) is 17.4 Å². The van der Waals surface area contributed by atoms with Gasteiger partial charge in [0.15, 0.2) is 0 Å². The minimum Gasteiger partial charge on any atom is -0.472 e. The molecule has 0 spiro atoms. The van der Waals surface area contributed by atoms with E-state index in [9.17, 15) is 9.59 Å². The predicted octanol–water partition coefficient (Wildman–Crippen LogP) is 2.47. The first-order chi connectivity index (χ1) is 10.5. The molecule has 0 saturated carbocycles. The molecule has 2 N–H and O–H groups in total. The van der Waals surface area contributed by atoms with Crippen LogP contribution in [0.4, 0.5) is 0 Å². The summed E-state index contributed by atoms with van der Waals surface area (Å²) in [5.41, 5.74) is 1.23. The lowest BCUT2D eigenvalue weighted by molar-refractivity contribution is -0.120. The lowest BCUT2D eigenvalue weighted by Crippen LogP contribution is -2.38. The third-order valence-electron chi connectivity index (χ3n) is 3.05. The van der Waals surface area contributed by atoms with Gasteiger partial charge in [0.05, 0.1) is 35.1 Å². The highest BCUT2D eigenvalue weighted by Crippen LogP contribution is 2.22. The van der Waals surface area contributed by atoms with Crippen LogP contribution in [-0.2, 0) is 4.79 Å². The van der Waals surface area contributed by atoms with Gasteiger partial charge in [0.25, 0.3) is 5.91 Å². The summed E-state index contributed by atoms with van der Waals surface area (Å²) in [6.07, 6.45) is 2.74. The van der Waals surface area contributed by atoms with Crippen LogP contribution in [-0.4, -0.2) is 23.3 Å². The van der Waals surface area contributed by atoms with Crippen LogP contribution in [0.2, 0.25) is 0 Å². The highest BCUT2D eigenvalue weighted by molar-refractivity contribution is 7.09. The molecule has 0 aromatic carbocycles. The van der Waals surface area contributed by atoms with E-state index in [1.165, 1.54) is 12.5 Å². The molecule has 22 heavy (non-hydrogen) atoms. The van der Waals surface area contributed by atoms with Crippen molar-refractivity contribution in [1.29, 1.82) is 0 Å². The zero-order valence-electron chi connectivity index (χ0n) is 12.8. The Balaban J connectivity index is 1.82. The number of nitrogens with zero attached hydrogens (tertiary/aromatic N) is 1. The van der Waals surface area contributed by atoms with E-state index in [2.05, 4.69) is 29.5 Å².